The zero-order valence-electron chi connectivity index (χ0n) is 23.3. The summed E-state index contributed by atoms with van der Waals surface area (Å²) in [6.45, 7) is 2.97. The molecule has 8 rings (SSSR count). The van der Waals surface area contributed by atoms with Crippen LogP contribution in [0.4, 0.5) is 14.5 Å². The van der Waals surface area contributed by atoms with Crippen molar-refractivity contribution in [2.75, 3.05) is 31.1 Å². The molecular weight excluding hydrogens is 524 g/mol. The Morgan fingerprint density at radius 3 is 2.83 bits per heavy atom. The van der Waals surface area contributed by atoms with E-state index < -0.39 is 6.17 Å². The number of nitrogens with zero attached hydrogens (tertiary/aromatic N) is 4. The first-order chi connectivity index (χ1) is 19.9. The molecule has 1 unspecified atom stereocenters. The third-order valence-electron chi connectivity index (χ3n) is 10.4. The number of halogens is 2. The molecule has 9 heteroatoms. The van der Waals surface area contributed by atoms with Crippen molar-refractivity contribution in [3.8, 4) is 11.8 Å². The number of benzene rings is 2. The van der Waals surface area contributed by atoms with Gasteiger partial charge in [0.15, 0.2) is 0 Å². The second kappa shape index (κ2) is 9.76. The summed E-state index contributed by atoms with van der Waals surface area (Å²) >= 11 is 0. The van der Waals surface area contributed by atoms with Crippen LogP contribution in [0.25, 0.3) is 10.8 Å². The fourth-order valence-electron chi connectivity index (χ4n) is 8.57. The first kappa shape index (κ1) is 25.7. The average Bonchev–Trinajstić information content (AvgIpc) is 3.61. The average molecular weight is 562 g/mol. The van der Waals surface area contributed by atoms with Crippen LogP contribution in [-0.4, -0.2) is 70.0 Å². The first-order valence-electron chi connectivity index (χ1n) is 15.3. The van der Waals surface area contributed by atoms with Crippen LogP contribution in [0.15, 0.2) is 30.3 Å². The molecule has 5 aliphatic heterocycles. The van der Waals surface area contributed by atoms with E-state index in [0.717, 1.165) is 50.0 Å². The molecule has 4 fully saturated rings. The fraction of sp³-hybridized carbons (Fsp3) is 0.562. The Labute approximate surface area is 238 Å². The van der Waals surface area contributed by atoms with E-state index in [2.05, 4.69) is 15.1 Å². The number of hydrogen-bond donors (Lipinski definition) is 2. The van der Waals surface area contributed by atoms with Crippen LogP contribution in [-0.2, 0) is 13.0 Å². The molecular formula is C32H37F2N5O2. The van der Waals surface area contributed by atoms with Crippen molar-refractivity contribution in [3.63, 3.8) is 0 Å². The molecule has 1 aromatic heterocycles. The third-order valence-corrected chi connectivity index (χ3v) is 10.4. The molecule has 2 aromatic carbocycles. The van der Waals surface area contributed by atoms with Gasteiger partial charge in [-0.15, -0.1) is 0 Å². The summed E-state index contributed by atoms with van der Waals surface area (Å²) in [6.07, 6.45) is 6.99. The van der Waals surface area contributed by atoms with Gasteiger partial charge in [-0.1, -0.05) is 12.1 Å². The number of anilines is 1. The third kappa shape index (κ3) is 4.43. The summed E-state index contributed by atoms with van der Waals surface area (Å²) in [4.78, 5) is 14.4. The van der Waals surface area contributed by atoms with Gasteiger partial charge in [0.2, 0.25) is 0 Å². The largest absolute Gasteiger partial charge is 0.508 e. The lowest BCUT2D eigenvalue weighted by Gasteiger charge is -2.35. The molecule has 5 aliphatic rings. The Balaban J connectivity index is 1.15. The summed E-state index contributed by atoms with van der Waals surface area (Å²) in [5, 5.41) is 15.4. The Morgan fingerprint density at radius 1 is 1.12 bits per heavy atom. The normalized spacial score (nSPS) is 31.0. The fourth-order valence-corrected chi connectivity index (χ4v) is 8.57. The zero-order valence-corrected chi connectivity index (χ0v) is 23.3. The lowest BCUT2D eigenvalue weighted by atomic mass is 9.85. The SMILES string of the molecule is Oc1cc(N2CCc3c(nc(OC[C@@]45CCCN4C[C@H](F)C5)nc3C3C[C@H]4CC[C@@H](C3)N4)C2)c2c(F)cccc2c1. The van der Waals surface area contributed by atoms with Crippen LogP contribution in [0.3, 0.4) is 0 Å². The molecule has 41 heavy (non-hydrogen) atoms. The smallest absolute Gasteiger partial charge is 0.316 e. The van der Waals surface area contributed by atoms with Gasteiger partial charge >= 0.3 is 6.01 Å². The molecule has 6 heterocycles. The summed E-state index contributed by atoms with van der Waals surface area (Å²) in [5.41, 5.74) is 3.61. The number of nitrogens with one attached hydrogen (secondary N) is 1. The Bertz CT molecular complexity index is 1490. The lowest BCUT2D eigenvalue weighted by Crippen LogP contribution is -2.43. The van der Waals surface area contributed by atoms with E-state index in [0.29, 0.717) is 73.1 Å². The molecule has 7 nitrogen and oxygen atoms in total. The van der Waals surface area contributed by atoms with Crippen LogP contribution in [0.2, 0.25) is 0 Å². The van der Waals surface area contributed by atoms with Gasteiger partial charge in [0.1, 0.15) is 24.3 Å². The molecule has 5 atom stereocenters. The lowest BCUT2D eigenvalue weighted by molar-refractivity contribution is 0.106. The highest BCUT2D eigenvalue weighted by molar-refractivity contribution is 5.96. The number of ether oxygens (including phenoxy) is 1. The minimum Gasteiger partial charge on any atom is -0.508 e. The predicted molar refractivity (Wildman–Crippen MR) is 153 cm³/mol. The summed E-state index contributed by atoms with van der Waals surface area (Å²) in [6, 6.07) is 9.66. The number of phenolic OH excluding ortho intramolecular Hbond substituents is 1. The maximum Gasteiger partial charge on any atom is 0.316 e. The van der Waals surface area contributed by atoms with Gasteiger partial charge in [-0.2, -0.15) is 9.97 Å². The molecule has 2 bridgehead atoms. The molecule has 3 aromatic rings. The van der Waals surface area contributed by atoms with Gasteiger partial charge < -0.3 is 20.1 Å². The number of fused-ring (bicyclic) bond motifs is 5. The van der Waals surface area contributed by atoms with Crippen molar-refractivity contribution in [3.05, 3.63) is 53.1 Å². The van der Waals surface area contributed by atoms with E-state index in [9.17, 15) is 9.50 Å². The highest BCUT2D eigenvalue weighted by Crippen LogP contribution is 2.43. The van der Waals surface area contributed by atoms with Crippen LogP contribution in [0.1, 0.15) is 67.8 Å². The zero-order chi connectivity index (χ0) is 27.7. The van der Waals surface area contributed by atoms with Crippen molar-refractivity contribution in [1.82, 2.24) is 20.2 Å². The standard InChI is InChI=1S/C32H37F2N5O2/c33-21-15-32(8-2-9-39(32)16-21)18-41-31-36-27-17-38(28-14-24(40)13-19-3-1-4-26(34)29(19)28)10-7-25(27)30(37-31)20-11-22-5-6-23(12-20)35-22/h1,3-4,13-14,20-23,35,40H,2,5-12,15-18H2/t20?,21-,22-,23+,32+/m1/s1. The van der Waals surface area contributed by atoms with E-state index in [1.54, 1.807) is 18.2 Å². The Morgan fingerprint density at radius 2 is 1.98 bits per heavy atom. The van der Waals surface area contributed by atoms with Gasteiger partial charge in [0.05, 0.1) is 29.2 Å². The number of aromatic nitrogens is 2. The van der Waals surface area contributed by atoms with E-state index in [1.165, 1.54) is 24.5 Å². The van der Waals surface area contributed by atoms with E-state index in [1.807, 2.05) is 6.07 Å². The van der Waals surface area contributed by atoms with Crippen molar-refractivity contribution in [2.24, 2.45) is 0 Å². The van der Waals surface area contributed by atoms with Crippen LogP contribution in [0.5, 0.6) is 11.8 Å². The van der Waals surface area contributed by atoms with Crippen LogP contribution in [0, 0.1) is 5.82 Å². The van der Waals surface area contributed by atoms with Crippen LogP contribution < -0.4 is 15.0 Å². The molecule has 0 saturated carbocycles. The second-order valence-corrected chi connectivity index (χ2v) is 13.0. The van der Waals surface area contributed by atoms with Crippen molar-refractivity contribution in [1.29, 1.82) is 0 Å². The first-order valence-corrected chi connectivity index (χ1v) is 15.3. The maximum atomic E-state index is 15.1. The monoisotopic (exact) mass is 561 g/mol. The topological polar surface area (TPSA) is 73.8 Å². The van der Waals surface area contributed by atoms with Crippen LogP contribution >= 0.6 is 0 Å². The highest BCUT2D eigenvalue weighted by atomic mass is 19.1. The second-order valence-electron chi connectivity index (χ2n) is 13.0. The molecule has 2 N–H and O–H groups in total. The summed E-state index contributed by atoms with van der Waals surface area (Å²) in [5.74, 6) is 0.162. The Kier molecular flexibility index (Phi) is 6.11. The number of piperidine rings is 1. The number of hydrogen-bond acceptors (Lipinski definition) is 7. The number of phenols is 1. The number of aromatic hydroxyl groups is 1. The van der Waals surface area contributed by atoms with Crippen molar-refractivity contribution < 1.29 is 18.6 Å². The number of rotatable bonds is 5. The van der Waals surface area contributed by atoms with Gasteiger partial charge in [0, 0.05) is 49.0 Å². The Hall–Kier alpha value is -3.04. The van der Waals surface area contributed by atoms with E-state index >= 15 is 4.39 Å². The molecule has 0 aliphatic carbocycles. The summed E-state index contributed by atoms with van der Waals surface area (Å²) in [7, 11) is 0. The molecule has 4 saturated heterocycles. The number of alkyl halides is 1. The van der Waals surface area contributed by atoms with Crippen molar-refractivity contribution in [2.45, 2.75) is 87.6 Å². The quantitative estimate of drug-likeness (QED) is 0.455. The predicted octanol–water partition coefficient (Wildman–Crippen LogP) is 4.99. The minimum absolute atomic E-state index is 0.115. The molecule has 0 spiro atoms. The van der Waals surface area contributed by atoms with Gasteiger partial charge in [0.25, 0.3) is 0 Å². The van der Waals surface area contributed by atoms with Gasteiger partial charge in [-0.3, -0.25) is 4.90 Å². The van der Waals surface area contributed by atoms with E-state index in [4.69, 9.17) is 14.7 Å². The van der Waals surface area contributed by atoms with Crippen molar-refractivity contribution >= 4 is 16.5 Å². The highest BCUT2D eigenvalue weighted by Gasteiger charge is 2.49. The summed E-state index contributed by atoms with van der Waals surface area (Å²) < 4.78 is 35.9. The van der Waals surface area contributed by atoms with Gasteiger partial charge in [-0.25, -0.2) is 8.78 Å². The van der Waals surface area contributed by atoms with E-state index in [-0.39, 0.29) is 17.1 Å². The molecule has 216 valence electrons. The molecule has 0 radical (unpaired) electrons. The minimum atomic E-state index is -0.810. The maximum absolute atomic E-state index is 15.1. The van der Waals surface area contributed by atoms with Gasteiger partial charge in [-0.05, 0) is 74.6 Å². The molecule has 0 amide bonds.